The molecule has 4 heterocycles. The number of aromatic nitrogens is 5. The van der Waals surface area contributed by atoms with Gasteiger partial charge >= 0.3 is 5.69 Å². The first kappa shape index (κ1) is 15.6. The second-order valence-corrected chi connectivity index (χ2v) is 6.92. The fraction of sp³-hybridized carbons (Fsp3) is 0.421. The summed E-state index contributed by atoms with van der Waals surface area (Å²) >= 11 is 0. The Morgan fingerprint density at radius 3 is 2.83 bits per heavy atom. The number of ether oxygens (including phenoxy) is 1. The van der Waals surface area contributed by atoms with Gasteiger partial charge in [0.25, 0.3) is 5.91 Å². The molecule has 0 aliphatic carbocycles. The van der Waals surface area contributed by atoms with E-state index in [-0.39, 0.29) is 23.4 Å². The molecule has 29 heavy (non-hydrogen) atoms. The topological polar surface area (TPSA) is 116 Å². The highest BCUT2D eigenvalue weighted by Crippen LogP contribution is 2.25. The summed E-state index contributed by atoms with van der Waals surface area (Å²) in [5.74, 6) is -0.518. The van der Waals surface area contributed by atoms with Crippen molar-refractivity contribution in [1.82, 2.24) is 29.4 Å². The van der Waals surface area contributed by atoms with Gasteiger partial charge in [0, 0.05) is 37.4 Å². The molecule has 3 aromatic rings. The van der Waals surface area contributed by atoms with E-state index < -0.39 is 12.9 Å². The minimum atomic E-state index is -2.59. The zero-order valence-electron chi connectivity index (χ0n) is 19.1. The molecule has 0 atom stereocenters. The average molecular weight is 400 g/mol. The fourth-order valence-corrected chi connectivity index (χ4v) is 3.46. The summed E-state index contributed by atoms with van der Waals surface area (Å²) in [6.07, 6.45) is 4.46. The Morgan fingerprint density at radius 1 is 1.31 bits per heavy atom. The van der Waals surface area contributed by atoms with Crippen molar-refractivity contribution in [2.45, 2.75) is 25.8 Å². The van der Waals surface area contributed by atoms with E-state index in [1.54, 1.807) is 24.7 Å². The zero-order valence-corrected chi connectivity index (χ0v) is 16.1. The van der Waals surface area contributed by atoms with Crippen molar-refractivity contribution in [1.29, 1.82) is 0 Å². The van der Waals surface area contributed by atoms with Crippen LogP contribution < -0.4 is 16.3 Å². The predicted octanol–water partition coefficient (Wildman–Crippen LogP) is 1.29. The van der Waals surface area contributed by atoms with Gasteiger partial charge < -0.3 is 15.4 Å². The van der Waals surface area contributed by atoms with Crippen molar-refractivity contribution in [3.63, 3.8) is 0 Å². The quantitative estimate of drug-likeness (QED) is 0.678. The van der Waals surface area contributed by atoms with E-state index in [9.17, 15) is 9.59 Å². The Hall–Kier alpha value is -3.27. The largest absolute Gasteiger partial charge is 0.381 e. The molecule has 1 aliphatic rings. The number of imidazole rings is 1. The van der Waals surface area contributed by atoms with E-state index in [1.807, 2.05) is 5.32 Å². The first-order chi connectivity index (χ1) is 15.1. The van der Waals surface area contributed by atoms with Gasteiger partial charge in [-0.1, -0.05) is 0 Å². The van der Waals surface area contributed by atoms with Crippen LogP contribution in [0.2, 0.25) is 0 Å². The maximum atomic E-state index is 12.8. The molecule has 10 nitrogen and oxygen atoms in total. The first-order valence-electron chi connectivity index (χ1n) is 10.7. The van der Waals surface area contributed by atoms with Gasteiger partial charge in [0.05, 0.1) is 18.1 Å². The molecule has 0 unspecified atom stereocenters. The number of amides is 1. The molecule has 10 heteroatoms. The van der Waals surface area contributed by atoms with E-state index in [2.05, 4.69) is 20.3 Å². The van der Waals surface area contributed by atoms with E-state index in [0.717, 1.165) is 12.8 Å². The van der Waals surface area contributed by atoms with Crippen molar-refractivity contribution < 1.29 is 13.6 Å². The summed E-state index contributed by atoms with van der Waals surface area (Å²) < 4.78 is 30.1. The minimum absolute atomic E-state index is 0.00197. The third-order valence-corrected chi connectivity index (χ3v) is 5.09. The van der Waals surface area contributed by atoms with E-state index in [1.165, 1.54) is 16.8 Å². The minimum Gasteiger partial charge on any atom is -0.381 e. The van der Waals surface area contributed by atoms with E-state index in [4.69, 9.17) is 8.85 Å². The highest BCUT2D eigenvalue weighted by molar-refractivity contribution is 5.92. The highest BCUT2D eigenvalue weighted by atomic mass is 16.5. The van der Waals surface area contributed by atoms with Crippen LogP contribution in [0.4, 0.5) is 11.6 Å². The summed E-state index contributed by atoms with van der Waals surface area (Å²) in [5.41, 5.74) is 2.18. The van der Waals surface area contributed by atoms with Crippen LogP contribution in [0.25, 0.3) is 11.2 Å². The molecule has 0 aromatic carbocycles. The molecule has 0 radical (unpaired) electrons. The molecular formula is C19H23N7O3. The molecule has 1 aliphatic heterocycles. The summed E-state index contributed by atoms with van der Waals surface area (Å²) in [5, 5.41) is 4.97. The van der Waals surface area contributed by atoms with Gasteiger partial charge in [0.2, 0.25) is 5.95 Å². The fourth-order valence-electron chi connectivity index (χ4n) is 3.46. The van der Waals surface area contributed by atoms with Gasteiger partial charge in [0.15, 0.2) is 5.65 Å². The van der Waals surface area contributed by atoms with E-state index in [0.29, 0.717) is 35.6 Å². The number of carbonyl (C=O) groups is 1. The number of nitrogens with one attached hydrogen (secondary N) is 2. The lowest BCUT2D eigenvalue weighted by atomic mass is 10.1. The lowest BCUT2D eigenvalue weighted by Crippen LogP contribution is -2.30. The van der Waals surface area contributed by atoms with Crippen LogP contribution in [0.1, 0.15) is 39.0 Å². The summed E-state index contributed by atoms with van der Waals surface area (Å²) in [4.78, 5) is 37.8. The van der Waals surface area contributed by atoms with E-state index >= 15 is 0 Å². The van der Waals surface area contributed by atoms with Crippen LogP contribution in [0.5, 0.6) is 0 Å². The van der Waals surface area contributed by atoms with Crippen molar-refractivity contribution in [3.05, 3.63) is 40.2 Å². The smallest absolute Gasteiger partial charge is 0.330 e. The Kier molecular flexibility index (Phi) is 4.11. The van der Waals surface area contributed by atoms with Gasteiger partial charge in [0.1, 0.15) is 11.2 Å². The molecule has 2 N–H and O–H groups in total. The second-order valence-electron chi connectivity index (χ2n) is 6.92. The van der Waals surface area contributed by atoms with Gasteiger partial charge in [-0.3, -0.25) is 13.9 Å². The number of aryl methyl sites for hydroxylation is 2. The van der Waals surface area contributed by atoms with Crippen LogP contribution in [0.3, 0.4) is 0 Å². The number of carbonyl (C=O) groups excluding carboxylic acids is 1. The monoisotopic (exact) mass is 400 g/mol. The molecule has 4 rings (SSSR count). The van der Waals surface area contributed by atoms with Crippen molar-refractivity contribution in [2.24, 2.45) is 7.05 Å². The third kappa shape index (κ3) is 3.46. The number of hydrogen-bond acceptors (Lipinski definition) is 7. The van der Waals surface area contributed by atoms with Crippen molar-refractivity contribution in [3.8, 4) is 0 Å². The molecule has 1 fully saturated rings. The number of pyridine rings is 1. The molecule has 0 saturated carbocycles. The molecule has 0 spiro atoms. The Balaban J connectivity index is 1.63. The molecule has 3 aromatic heterocycles. The maximum Gasteiger partial charge on any atom is 0.330 e. The first-order valence-corrected chi connectivity index (χ1v) is 9.22. The van der Waals surface area contributed by atoms with Crippen LogP contribution in [-0.2, 0) is 11.8 Å². The molecule has 1 amide bonds. The summed E-state index contributed by atoms with van der Waals surface area (Å²) in [7, 11) is 1.69. The van der Waals surface area contributed by atoms with Crippen molar-refractivity contribution >= 4 is 28.7 Å². The zero-order chi connectivity index (χ0) is 23.0. The Labute approximate surface area is 171 Å². The molecular weight excluding hydrogens is 374 g/mol. The van der Waals surface area contributed by atoms with Gasteiger partial charge in [-0.05, 0) is 31.4 Å². The maximum absolute atomic E-state index is 12.8. The standard InChI is InChI=1S/C19H23N7O3/c1-11-8-13(17(27)20-2)21-9-14(11)23-18-22-10-15-16(24-18)26(19(28)25(15)3)12-4-6-29-7-5-12/h8-10,12H,4-7H2,1-3H3,(H,20,27)(H,22,23,24)/i2D3. The summed E-state index contributed by atoms with van der Waals surface area (Å²) in [6, 6.07) is 1.48. The predicted molar refractivity (Wildman–Crippen MR) is 108 cm³/mol. The Bertz CT molecular complexity index is 1230. The number of anilines is 2. The third-order valence-electron chi connectivity index (χ3n) is 5.09. The van der Waals surface area contributed by atoms with Gasteiger partial charge in [-0.15, -0.1) is 0 Å². The van der Waals surface area contributed by atoms with Gasteiger partial charge in [-0.25, -0.2) is 14.8 Å². The average Bonchev–Trinajstić information content (AvgIpc) is 2.98. The lowest BCUT2D eigenvalue weighted by Gasteiger charge is -2.22. The van der Waals surface area contributed by atoms with Crippen LogP contribution in [0.15, 0.2) is 23.3 Å². The van der Waals surface area contributed by atoms with Crippen LogP contribution in [-0.4, -0.2) is 50.2 Å². The van der Waals surface area contributed by atoms with Crippen molar-refractivity contribution in [2.75, 3.05) is 25.5 Å². The lowest BCUT2D eigenvalue weighted by molar-refractivity contribution is 0.0695. The molecule has 1 saturated heterocycles. The number of rotatable bonds is 4. The Morgan fingerprint density at radius 2 is 2.10 bits per heavy atom. The second kappa shape index (κ2) is 7.63. The molecule has 152 valence electrons. The number of fused-ring (bicyclic) bond motifs is 1. The normalized spacial score (nSPS) is 16.8. The van der Waals surface area contributed by atoms with Crippen LogP contribution >= 0.6 is 0 Å². The highest BCUT2D eigenvalue weighted by Gasteiger charge is 2.23. The van der Waals surface area contributed by atoms with Crippen LogP contribution in [0, 0.1) is 6.92 Å². The number of nitrogens with zero attached hydrogens (tertiary/aromatic N) is 5. The number of hydrogen-bond donors (Lipinski definition) is 2. The summed E-state index contributed by atoms with van der Waals surface area (Å²) in [6.45, 7) is 0.338. The SMILES string of the molecule is [2H]C([2H])([2H])NC(=O)c1cc(C)c(Nc2ncc3c(n2)n(C2CCOCC2)c(=O)n3C)cn1. The van der Waals surface area contributed by atoms with Gasteiger partial charge in [-0.2, -0.15) is 4.98 Å². The molecule has 0 bridgehead atoms.